The lowest BCUT2D eigenvalue weighted by atomic mass is 10.3. The normalized spacial score (nSPS) is 12.8. The SMILES string of the molecule is CCNc1cnc(COC(C(F)(F)F)C(F)(F)F)cn1. The van der Waals surface area contributed by atoms with Crippen molar-refractivity contribution in [2.75, 3.05) is 11.9 Å². The van der Waals surface area contributed by atoms with Gasteiger partial charge in [0.05, 0.1) is 24.7 Å². The van der Waals surface area contributed by atoms with Crippen molar-refractivity contribution in [3.63, 3.8) is 0 Å². The van der Waals surface area contributed by atoms with Crippen molar-refractivity contribution < 1.29 is 31.1 Å². The lowest BCUT2D eigenvalue weighted by Gasteiger charge is -2.22. The number of anilines is 1. The maximum Gasteiger partial charge on any atom is 0.423 e. The van der Waals surface area contributed by atoms with Crippen molar-refractivity contribution in [1.29, 1.82) is 0 Å². The number of alkyl halides is 6. The minimum absolute atomic E-state index is 0.134. The van der Waals surface area contributed by atoms with Gasteiger partial charge in [-0.3, -0.25) is 4.98 Å². The van der Waals surface area contributed by atoms with Crippen molar-refractivity contribution >= 4 is 5.82 Å². The van der Waals surface area contributed by atoms with Crippen LogP contribution < -0.4 is 5.32 Å². The van der Waals surface area contributed by atoms with Crippen LogP contribution in [0.15, 0.2) is 12.4 Å². The topological polar surface area (TPSA) is 47.0 Å². The Morgan fingerprint density at radius 1 is 1.10 bits per heavy atom. The molecule has 0 radical (unpaired) electrons. The lowest BCUT2D eigenvalue weighted by molar-refractivity contribution is -0.324. The van der Waals surface area contributed by atoms with Crippen LogP contribution in [0.2, 0.25) is 0 Å². The lowest BCUT2D eigenvalue weighted by Crippen LogP contribution is -2.44. The summed E-state index contributed by atoms with van der Waals surface area (Å²) in [6, 6.07) is 0. The number of hydrogen-bond acceptors (Lipinski definition) is 4. The maximum absolute atomic E-state index is 12.2. The highest BCUT2D eigenvalue weighted by molar-refractivity contribution is 5.30. The highest BCUT2D eigenvalue weighted by atomic mass is 19.4. The van der Waals surface area contributed by atoms with Crippen molar-refractivity contribution in [3.8, 4) is 0 Å². The third-order valence-corrected chi connectivity index (χ3v) is 2.06. The van der Waals surface area contributed by atoms with E-state index in [1.54, 1.807) is 6.92 Å². The number of nitrogens with one attached hydrogen (secondary N) is 1. The van der Waals surface area contributed by atoms with Gasteiger partial charge < -0.3 is 10.1 Å². The molecular formula is C10H11F6N3O. The van der Waals surface area contributed by atoms with Gasteiger partial charge >= 0.3 is 12.4 Å². The predicted molar refractivity (Wildman–Crippen MR) is 56.9 cm³/mol. The fourth-order valence-corrected chi connectivity index (χ4v) is 1.24. The van der Waals surface area contributed by atoms with E-state index in [4.69, 9.17) is 0 Å². The van der Waals surface area contributed by atoms with Crippen LogP contribution in [0, 0.1) is 0 Å². The van der Waals surface area contributed by atoms with Crippen molar-refractivity contribution in [2.45, 2.75) is 32.0 Å². The first kappa shape index (κ1) is 16.5. The molecule has 1 heterocycles. The average Bonchev–Trinajstić information content (AvgIpc) is 2.28. The van der Waals surface area contributed by atoms with Crippen molar-refractivity contribution in [1.82, 2.24) is 9.97 Å². The van der Waals surface area contributed by atoms with E-state index in [0.717, 1.165) is 6.20 Å². The molecule has 0 fully saturated rings. The quantitative estimate of drug-likeness (QED) is 0.850. The summed E-state index contributed by atoms with van der Waals surface area (Å²) in [6.07, 6.45) is -12.7. The molecule has 0 bridgehead atoms. The third kappa shape index (κ3) is 4.83. The van der Waals surface area contributed by atoms with E-state index in [1.165, 1.54) is 6.20 Å². The van der Waals surface area contributed by atoms with Gasteiger partial charge in [0, 0.05) is 6.54 Å². The van der Waals surface area contributed by atoms with E-state index in [1.807, 2.05) is 0 Å². The number of hydrogen-bond donors (Lipinski definition) is 1. The molecule has 0 amide bonds. The summed E-state index contributed by atoms with van der Waals surface area (Å²) in [4.78, 5) is 7.40. The fourth-order valence-electron chi connectivity index (χ4n) is 1.24. The maximum atomic E-state index is 12.2. The second-order valence-electron chi connectivity index (χ2n) is 3.70. The van der Waals surface area contributed by atoms with Gasteiger partial charge in [0.15, 0.2) is 0 Å². The molecule has 10 heteroatoms. The minimum atomic E-state index is -5.53. The second kappa shape index (κ2) is 6.25. The molecule has 1 rings (SSSR count). The van der Waals surface area contributed by atoms with E-state index in [2.05, 4.69) is 20.0 Å². The van der Waals surface area contributed by atoms with E-state index < -0.39 is 25.1 Å². The largest absolute Gasteiger partial charge is 0.423 e. The average molecular weight is 303 g/mol. The molecule has 0 aromatic carbocycles. The number of aromatic nitrogens is 2. The van der Waals surface area contributed by atoms with Crippen LogP contribution in [0.3, 0.4) is 0 Å². The van der Waals surface area contributed by atoms with Crippen molar-refractivity contribution in [2.24, 2.45) is 0 Å². The van der Waals surface area contributed by atoms with Gasteiger partial charge in [-0.2, -0.15) is 26.3 Å². The Balaban J connectivity index is 2.68. The van der Waals surface area contributed by atoms with Gasteiger partial charge in [-0.25, -0.2) is 4.98 Å². The second-order valence-corrected chi connectivity index (χ2v) is 3.70. The van der Waals surface area contributed by atoms with Gasteiger partial charge in [-0.05, 0) is 6.92 Å². The van der Waals surface area contributed by atoms with Crippen LogP contribution in [0.4, 0.5) is 32.2 Å². The molecule has 1 N–H and O–H groups in total. The first-order valence-corrected chi connectivity index (χ1v) is 5.44. The Labute approximate surface area is 110 Å². The molecule has 1 aromatic heterocycles. The van der Waals surface area contributed by atoms with Crippen molar-refractivity contribution in [3.05, 3.63) is 18.1 Å². The summed E-state index contributed by atoms with van der Waals surface area (Å²) >= 11 is 0. The predicted octanol–water partition coefficient (Wildman–Crippen LogP) is 2.92. The number of ether oxygens (including phenoxy) is 1. The van der Waals surface area contributed by atoms with Crippen LogP contribution >= 0.6 is 0 Å². The van der Waals surface area contributed by atoms with Crippen LogP contribution in [-0.2, 0) is 11.3 Å². The minimum Gasteiger partial charge on any atom is -0.369 e. The van der Waals surface area contributed by atoms with Crippen LogP contribution in [0.5, 0.6) is 0 Å². The summed E-state index contributed by atoms with van der Waals surface area (Å²) in [6.45, 7) is 1.40. The van der Waals surface area contributed by atoms with Gasteiger partial charge in [-0.15, -0.1) is 0 Å². The van der Waals surface area contributed by atoms with E-state index >= 15 is 0 Å². The monoisotopic (exact) mass is 303 g/mol. The zero-order valence-corrected chi connectivity index (χ0v) is 10.2. The van der Waals surface area contributed by atoms with E-state index in [0.29, 0.717) is 12.4 Å². The van der Waals surface area contributed by atoms with E-state index in [-0.39, 0.29) is 5.69 Å². The summed E-state index contributed by atoms with van der Waals surface area (Å²) in [7, 11) is 0. The first-order chi connectivity index (χ1) is 9.14. The third-order valence-electron chi connectivity index (χ3n) is 2.06. The molecule has 0 atom stereocenters. The number of nitrogens with zero attached hydrogens (tertiary/aromatic N) is 2. The molecule has 0 unspecified atom stereocenters. The molecule has 0 aliphatic heterocycles. The van der Waals surface area contributed by atoms with Crippen LogP contribution in [-0.4, -0.2) is 35.0 Å². The van der Waals surface area contributed by atoms with Crippen LogP contribution in [0.1, 0.15) is 12.6 Å². The zero-order chi connectivity index (χ0) is 15.4. The fraction of sp³-hybridized carbons (Fsp3) is 0.600. The molecule has 0 aliphatic rings. The highest BCUT2D eigenvalue weighted by Crippen LogP contribution is 2.36. The molecule has 0 aliphatic carbocycles. The number of halogens is 6. The van der Waals surface area contributed by atoms with Crippen LogP contribution in [0.25, 0.3) is 0 Å². The summed E-state index contributed by atoms with van der Waals surface area (Å²) in [5, 5.41) is 2.77. The molecule has 4 nitrogen and oxygen atoms in total. The Bertz CT molecular complexity index is 402. The molecular weight excluding hydrogens is 292 g/mol. The summed E-state index contributed by atoms with van der Waals surface area (Å²) < 4.78 is 77.0. The smallest absolute Gasteiger partial charge is 0.369 e. The molecule has 0 saturated carbocycles. The van der Waals surface area contributed by atoms with Gasteiger partial charge in [0.2, 0.25) is 6.10 Å². The summed E-state index contributed by atoms with van der Waals surface area (Å²) in [5.41, 5.74) is -0.134. The molecule has 114 valence electrons. The highest BCUT2D eigenvalue weighted by Gasteiger charge is 2.57. The Hall–Kier alpha value is -1.58. The summed E-state index contributed by atoms with van der Waals surface area (Å²) in [5.74, 6) is 0.361. The first-order valence-electron chi connectivity index (χ1n) is 5.44. The van der Waals surface area contributed by atoms with Gasteiger partial charge in [0.1, 0.15) is 5.82 Å². The van der Waals surface area contributed by atoms with Gasteiger partial charge in [-0.1, -0.05) is 0 Å². The molecule has 0 spiro atoms. The van der Waals surface area contributed by atoms with E-state index in [9.17, 15) is 26.3 Å². The molecule has 20 heavy (non-hydrogen) atoms. The zero-order valence-electron chi connectivity index (χ0n) is 10.2. The Kier molecular flexibility index (Phi) is 5.15. The molecule has 1 aromatic rings. The van der Waals surface area contributed by atoms with Gasteiger partial charge in [0.25, 0.3) is 0 Å². The number of rotatable bonds is 5. The molecule has 0 saturated heterocycles. The Morgan fingerprint density at radius 3 is 2.10 bits per heavy atom. The standard InChI is InChI=1S/C10H11F6N3O/c1-2-17-7-4-18-6(3-19-7)5-20-8(9(11,12)13)10(14,15)16/h3-4,8H,2,5H2,1H3,(H,17,19). The Morgan fingerprint density at radius 2 is 1.70 bits per heavy atom.